The van der Waals surface area contributed by atoms with E-state index < -0.39 is 0 Å². The SMILES string of the molecule is CSCCCCCCN(CCCCCCSC)C(=O)CCCC(C)c1ccc(OC(=O)N(C)CCCN(C)C)cc1. The lowest BCUT2D eigenvalue weighted by molar-refractivity contribution is -0.131. The molecule has 6 nitrogen and oxygen atoms in total. The summed E-state index contributed by atoms with van der Waals surface area (Å²) >= 11 is 3.84. The Bertz CT molecular complexity index is 791. The van der Waals surface area contributed by atoms with Gasteiger partial charge in [0.2, 0.25) is 5.91 Å². The minimum Gasteiger partial charge on any atom is -0.410 e. The van der Waals surface area contributed by atoms with Crippen LogP contribution < -0.4 is 4.74 Å². The molecule has 0 heterocycles. The summed E-state index contributed by atoms with van der Waals surface area (Å²) in [5, 5.41) is 0. The van der Waals surface area contributed by atoms with Crippen LogP contribution in [0, 0.1) is 0 Å². The van der Waals surface area contributed by atoms with Gasteiger partial charge in [-0.1, -0.05) is 44.7 Å². The van der Waals surface area contributed by atoms with E-state index in [9.17, 15) is 9.59 Å². The highest BCUT2D eigenvalue weighted by atomic mass is 32.2. The topological polar surface area (TPSA) is 53.1 Å². The van der Waals surface area contributed by atoms with E-state index in [-0.39, 0.29) is 6.09 Å². The Kier molecular flexibility index (Phi) is 22.1. The maximum Gasteiger partial charge on any atom is 0.414 e. The van der Waals surface area contributed by atoms with Gasteiger partial charge in [-0.2, -0.15) is 23.5 Å². The number of carbonyl (C=O) groups is 2. The van der Waals surface area contributed by atoms with Crippen LogP contribution in [0.5, 0.6) is 5.75 Å². The average molecular weight is 610 g/mol. The average Bonchev–Trinajstić information content (AvgIpc) is 2.95. The fourth-order valence-corrected chi connectivity index (χ4v) is 5.79. The van der Waals surface area contributed by atoms with Crippen molar-refractivity contribution in [3.8, 4) is 5.75 Å². The molecule has 1 unspecified atom stereocenters. The van der Waals surface area contributed by atoms with Crippen molar-refractivity contribution in [2.45, 2.75) is 89.9 Å². The number of ether oxygens (including phenoxy) is 1. The van der Waals surface area contributed by atoms with Crippen molar-refractivity contribution in [2.24, 2.45) is 0 Å². The van der Waals surface area contributed by atoms with E-state index in [0.29, 0.717) is 30.5 Å². The van der Waals surface area contributed by atoms with Crippen LogP contribution in [0.15, 0.2) is 24.3 Å². The number of hydrogen-bond acceptors (Lipinski definition) is 6. The second-order valence-corrected chi connectivity index (χ2v) is 13.5. The Morgan fingerprint density at radius 3 is 1.83 bits per heavy atom. The number of unbranched alkanes of at least 4 members (excludes halogenated alkanes) is 6. The van der Waals surface area contributed by atoms with Crippen LogP contribution in [0.4, 0.5) is 4.79 Å². The molecule has 236 valence electrons. The van der Waals surface area contributed by atoms with E-state index in [1.807, 2.05) is 61.9 Å². The first-order valence-corrected chi connectivity index (χ1v) is 18.5. The number of hydrogen-bond donors (Lipinski definition) is 0. The van der Waals surface area contributed by atoms with E-state index in [4.69, 9.17) is 4.74 Å². The second kappa shape index (κ2) is 24.1. The van der Waals surface area contributed by atoms with Crippen molar-refractivity contribution in [1.29, 1.82) is 0 Å². The summed E-state index contributed by atoms with van der Waals surface area (Å²) in [6.45, 7) is 5.63. The molecule has 1 aromatic carbocycles. The molecule has 0 aliphatic rings. The maximum absolute atomic E-state index is 13.2. The van der Waals surface area contributed by atoms with E-state index in [0.717, 1.165) is 51.7 Å². The summed E-state index contributed by atoms with van der Waals surface area (Å²) in [5.74, 6) is 3.71. The minimum absolute atomic E-state index is 0.322. The number of thioether (sulfide) groups is 2. The summed E-state index contributed by atoms with van der Waals surface area (Å²) in [6, 6.07) is 7.84. The normalized spacial score (nSPS) is 12.0. The van der Waals surface area contributed by atoms with Crippen LogP contribution in [-0.4, -0.2) is 98.0 Å². The molecule has 0 saturated carbocycles. The first-order chi connectivity index (χ1) is 19.8. The van der Waals surface area contributed by atoms with Gasteiger partial charge < -0.3 is 19.4 Å². The summed E-state index contributed by atoms with van der Waals surface area (Å²) in [6.07, 6.45) is 17.2. The lowest BCUT2D eigenvalue weighted by Gasteiger charge is -2.23. The standard InChI is InChI=1S/C33H59N3O3S2/c1-29(30-19-21-31(22-20-30)39-33(38)35(4)24-16-23-34(2)3)17-15-18-32(37)36(25-11-7-9-13-27-40-5)26-12-8-10-14-28-41-6/h19-22,29H,7-18,23-28H2,1-6H3. The van der Waals surface area contributed by atoms with Gasteiger partial charge in [0.05, 0.1) is 0 Å². The van der Waals surface area contributed by atoms with Crippen molar-refractivity contribution in [3.05, 3.63) is 29.8 Å². The molecule has 0 spiro atoms. The van der Waals surface area contributed by atoms with Crippen LogP contribution in [0.25, 0.3) is 0 Å². The molecule has 41 heavy (non-hydrogen) atoms. The zero-order chi connectivity index (χ0) is 30.3. The monoisotopic (exact) mass is 609 g/mol. The molecule has 1 rings (SSSR count). The number of benzene rings is 1. The molecule has 0 N–H and O–H groups in total. The third-order valence-corrected chi connectivity index (χ3v) is 8.89. The predicted molar refractivity (Wildman–Crippen MR) is 181 cm³/mol. The molecule has 0 fully saturated rings. The van der Waals surface area contributed by atoms with E-state index in [2.05, 4.69) is 29.2 Å². The van der Waals surface area contributed by atoms with Crippen LogP contribution >= 0.6 is 23.5 Å². The van der Waals surface area contributed by atoms with Crippen LogP contribution in [-0.2, 0) is 4.79 Å². The molecule has 2 amide bonds. The molecular formula is C33H59N3O3S2. The maximum atomic E-state index is 13.2. The smallest absolute Gasteiger partial charge is 0.410 e. The van der Waals surface area contributed by atoms with Crippen LogP contribution in [0.2, 0.25) is 0 Å². The van der Waals surface area contributed by atoms with Gasteiger partial charge in [-0.15, -0.1) is 0 Å². The van der Waals surface area contributed by atoms with Crippen molar-refractivity contribution in [2.75, 3.05) is 71.3 Å². The summed E-state index contributed by atoms with van der Waals surface area (Å²) < 4.78 is 5.55. The van der Waals surface area contributed by atoms with Gasteiger partial charge in [0.25, 0.3) is 0 Å². The second-order valence-electron chi connectivity index (χ2n) is 11.5. The zero-order valence-electron chi connectivity index (χ0n) is 27.0. The van der Waals surface area contributed by atoms with Gasteiger partial charge in [0.1, 0.15) is 5.75 Å². The number of rotatable bonds is 24. The quantitative estimate of drug-likeness (QED) is 0.111. The molecule has 0 aliphatic heterocycles. The van der Waals surface area contributed by atoms with Crippen LogP contribution in [0.1, 0.15) is 95.5 Å². The first-order valence-electron chi connectivity index (χ1n) is 15.7. The fourth-order valence-electron chi connectivity index (χ4n) is 4.81. The Labute approximate surface area is 260 Å². The molecule has 0 bridgehead atoms. The number of amides is 2. The van der Waals surface area contributed by atoms with Crippen molar-refractivity contribution in [3.63, 3.8) is 0 Å². The number of carbonyl (C=O) groups excluding carboxylic acids is 2. The lowest BCUT2D eigenvalue weighted by atomic mass is 9.95. The largest absolute Gasteiger partial charge is 0.414 e. The summed E-state index contributed by atoms with van der Waals surface area (Å²) in [5.41, 5.74) is 1.21. The predicted octanol–water partition coefficient (Wildman–Crippen LogP) is 8.02. The highest BCUT2D eigenvalue weighted by molar-refractivity contribution is 7.98. The third kappa shape index (κ3) is 18.7. The molecule has 8 heteroatoms. The van der Waals surface area contributed by atoms with Crippen molar-refractivity contribution in [1.82, 2.24) is 14.7 Å². The number of nitrogens with zero attached hydrogens (tertiary/aromatic N) is 3. The van der Waals surface area contributed by atoms with Gasteiger partial charge in [-0.25, -0.2) is 4.79 Å². The van der Waals surface area contributed by atoms with E-state index in [1.54, 1.807) is 11.9 Å². The van der Waals surface area contributed by atoms with Gasteiger partial charge in [0, 0.05) is 33.1 Å². The molecule has 1 atom stereocenters. The molecule has 0 saturated heterocycles. The Morgan fingerprint density at radius 1 is 0.732 bits per heavy atom. The summed E-state index contributed by atoms with van der Waals surface area (Å²) in [7, 11) is 5.83. The van der Waals surface area contributed by atoms with E-state index >= 15 is 0 Å². The molecule has 0 aliphatic carbocycles. The molecule has 0 radical (unpaired) electrons. The molecular weight excluding hydrogens is 551 g/mol. The van der Waals surface area contributed by atoms with Gasteiger partial charge in [-0.05, 0) is 113 Å². The van der Waals surface area contributed by atoms with Gasteiger partial charge >= 0.3 is 6.09 Å². The fraction of sp³-hybridized carbons (Fsp3) is 0.758. The highest BCUT2D eigenvalue weighted by Gasteiger charge is 2.15. The zero-order valence-corrected chi connectivity index (χ0v) is 28.6. The summed E-state index contributed by atoms with van der Waals surface area (Å²) in [4.78, 5) is 31.4. The van der Waals surface area contributed by atoms with E-state index in [1.165, 1.54) is 55.6 Å². The first kappa shape index (κ1) is 37.6. The lowest BCUT2D eigenvalue weighted by Crippen LogP contribution is -2.32. The minimum atomic E-state index is -0.326. The molecule has 0 aromatic heterocycles. The highest BCUT2D eigenvalue weighted by Crippen LogP contribution is 2.24. The van der Waals surface area contributed by atoms with Gasteiger partial charge in [-0.3, -0.25) is 4.79 Å². The van der Waals surface area contributed by atoms with Crippen LogP contribution in [0.3, 0.4) is 0 Å². The van der Waals surface area contributed by atoms with Crippen molar-refractivity contribution < 1.29 is 14.3 Å². The van der Waals surface area contributed by atoms with Crippen molar-refractivity contribution >= 4 is 35.5 Å². The Hall–Kier alpha value is -1.38. The Balaban J connectivity index is 2.47. The molecule has 1 aromatic rings. The third-order valence-electron chi connectivity index (χ3n) is 7.50. The Morgan fingerprint density at radius 2 is 1.29 bits per heavy atom. The van der Waals surface area contributed by atoms with Gasteiger partial charge in [0.15, 0.2) is 0 Å².